The molecule has 2 rings (SSSR count). The van der Waals surface area contributed by atoms with E-state index in [-0.39, 0.29) is 0 Å². The number of piperidine rings is 1. The molecule has 1 aliphatic rings. The molecule has 1 fully saturated rings. The van der Waals surface area contributed by atoms with E-state index < -0.39 is 5.60 Å². The summed E-state index contributed by atoms with van der Waals surface area (Å²) < 4.78 is 0. The van der Waals surface area contributed by atoms with Crippen molar-refractivity contribution in [3.8, 4) is 0 Å². The maximum absolute atomic E-state index is 10.3. The maximum Gasteiger partial charge on any atom is 0.103 e. The van der Waals surface area contributed by atoms with E-state index in [1.165, 1.54) is 5.01 Å². The molecule has 0 bridgehead atoms. The highest BCUT2D eigenvalue weighted by atomic mass is 32.2. The maximum atomic E-state index is 10.3. The van der Waals surface area contributed by atoms with Gasteiger partial charge in [0.2, 0.25) is 0 Å². The van der Waals surface area contributed by atoms with E-state index in [0.717, 1.165) is 43.8 Å². The van der Waals surface area contributed by atoms with Crippen LogP contribution in [0.4, 0.5) is 0 Å². The van der Waals surface area contributed by atoms with Gasteiger partial charge in [-0.2, -0.15) is 11.8 Å². The van der Waals surface area contributed by atoms with E-state index >= 15 is 0 Å². The Bertz CT molecular complexity index is 378. The predicted molar refractivity (Wildman–Crippen MR) is 83.0 cm³/mol. The van der Waals surface area contributed by atoms with Crippen molar-refractivity contribution in [3.05, 3.63) is 16.1 Å². The molecule has 0 aromatic carbocycles. The van der Waals surface area contributed by atoms with Gasteiger partial charge in [-0.25, -0.2) is 4.98 Å². The van der Waals surface area contributed by atoms with Gasteiger partial charge in [0.1, 0.15) is 5.01 Å². The minimum Gasteiger partial charge on any atom is -0.387 e. The summed E-state index contributed by atoms with van der Waals surface area (Å²) in [6, 6.07) is 0. The van der Waals surface area contributed by atoms with Gasteiger partial charge >= 0.3 is 0 Å². The summed E-state index contributed by atoms with van der Waals surface area (Å²) in [6.07, 6.45) is 4.99. The molecular weight excluding hydrogens is 278 g/mol. The van der Waals surface area contributed by atoms with Gasteiger partial charge in [0.25, 0.3) is 0 Å². The zero-order chi connectivity index (χ0) is 13.6. The smallest absolute Gasteiger partial charge is 0.103 e. The van der Waals surface area contributed by atoms with Crippen LogP contribution in [0.3, 0.4) is 0 Å². The molecule has 108 valence electrons. The van der Waals surface area contributed by atoms with Gasteiger partial charge in [-0.15, -0.1) is 11.3 Å². The number of rotatable bonds is 7. The molecule has 1 saturated heterocycles. The molecular formula is C13H23N3OS2. The molecule has 0 spiro atoms. The van der Waals surface area contributed by atoms with Crippen molar-refractivity contribution in [2.75, 3.05) is 32.4 Å². The predicted octanol–water partition coefficient (Wildman–Crippen LogP) is 1.25. The first-order chi connectivity index (χ1) is 9.22. The molecule has 0 amide bonds. The van der Waals surface area contributed by atoms with Gasteiger partial charge in [-0.3, -0.25) is 0 Å². The van der Waals surface area contributed by atoms with Gasteiger partial charge in [-0.05, 0) is 25.6 Å². The van der Waals surface area contributed by atoms with Crippen molar-refractivity contribution in [1.29, 1.82) is 0 Å². The van der Waals surface area contributed by atoms with Crippen LogP contribution in [0.5, 0.6) is 0 Å². The molecule has 4 nitrogen and oxygen atoms in total. The largest absolute Gasteiger partial charge is 0.387 e. The number of nitrogens with one attached hydrogen (secondary N) is 2. The SMILES string of the molecule is CSCc1nc(CCNC[C@@]2(O)CCCNC2)cs1. The number of aromatic nitrogens is 1. The Balaban J connectivity index is 1.65. The number of hydrogen-bond donors (Lipinski definition) is 3. The molecule has 1 aromatic heterocycles. The van der Waals surface area contributed by atoms with E-state index in [9.17, 15) is 5.11 Å². The fraction of sp³-hybridized carbons (Fsp3) is 0.769. The summed E-state index contributed by atoms with van der Waals surface area (Å²) in [5.41, 5.74) is 0.597. The van der Waals surface area contributed by atoms with Gasteiger partial charge in [0.15, 0.2) is 0 Å². The van der Waals surface area contributed by atoms with Gasteiger partial charge < -0.3 is 15.7 Å². The fourth-order valence-corrected chi connectivity index (χ4v) is 3.84. The highest BCUT2D eigenvalue weighted by Gasteiger charge is 2.28. The monoisotopic (exact) mass is 301 g/mol. The Morgan fingerprint density at radius 3 is 3.26 bits per heavy atom. The van der Waals surface area contributed by atoms with Crippen LogP contribution in [-0.2, 0) is 12.2 Å². The lowest BCUT2D eigenvalue weighted by Crippen LogP contribution is -2.52. The average molecular weight is 301 g/mol. The minimum atomic E-state index is -0.565. The first kappa shape index (κ1) is 15.3. The summed E-state index contributed by atoms with van der Waals surface area (Å²) in [7, 11) is 0. The number of nitrogens with zero attached hydrogens (tertiary/aromatic N) is 1. The third-order valence-electron chi connectivity index (χ3n) is 3.33. The normalized spacial score (nSPS) is 23.7. The molecule has 0 unspecified atom stereocenters. The number of β-amino-alcohol motifs (C(OH)–C–C–N with tert-alkyl or cyclic N) is 1. The molecule has 0 aliphatic carbocycles. The zero-order valence-electron chi connectivity index (χ0n) is 11.4. The van der Waals surface area contributed by atoms with Crippen molar-refractivity contribution in [2.45, 2.75) is 30.6 Å². The molecule has 1 atom stereocenters. The van der Waals surface area contributed by atoms with E-state index in [0.29, 0.717) is 13.1 Å². The second kappa shape index (κ2) is 7.59. The summed E-state index contributed by atoms with van der Waals surface area (Å²) in [6.45, 7) is 3.28. The van der Waals surface area contributed by atoms with Crippen molar-refractivity contribution in [1.82, 2.24) is 15.6 Å². The lowest BCUT2D eigenvalue weighted by atomic mass is 9.94. The van der Waals surface area contributed by atoms with E-state index in [4.69, 9.17) is 0 Å². The zero-order valence-corrected chi connectivity index (χ0v) is 13.1. The lowest BCUT2D eigenvalue weighted by molar-refractivity contribution is 0.0174. The van der Waals surface area contributed by atoms with Crippen molar-refractivity contribution < 1.29 is 5.11 Å². The fourth-order valence-electron chi connectivity index (χ4n) is 2.29. The van der Waals surface area contributed by atoms with Crippen molar-refractivity contribution >= 4 is 23.1 Å². The van der Waals surface area contributed by atoms with Crippen LogP contribution in [0.1, 0.15) is 23.5 Å². The topological polar surface area (TPSA) is 57.2 Å². The van der Waals surface area contributed by atoms with Crippen LogP contribution in [-0.4, -0.2) is 48.1 Å². The third-order valence-corrected chi connectivity index (χ3v) is 4.97. The summed E-state index contributed by atoms with van der Waals surface area (Å²) >= 11 is 3.55. The lowest BCUT2D eigenvalue weighted by Gasteiger charge is -2.32. The van der Waals surface area contributed by atoms with Crippen LogP contribution in [0.15, 0.2) is 5.38 Å². The average Bonchev–Trinajstić information content (AvgIpc) is 2.84. The van der Waals surface area contributed by atoms with E-state index in [2.05, 4.69) is 27.3 Å². The molecule has 0 saturated carbocycles. The Morgan fingerprint density at radius 1 is 1.63 bits per heavy atom. The van der Waals surface area contributed by atoms with Crippen molar-refractivity contribution in [2.24, 2.45) is 0 Å². The van der Waals surface area contributed by atoms with Gasteiger partial charge in [0, 0.05) is 37.2 Å². The molecule has 1 aromatic rings. The Hall–Kier alpha value is -0.140. The third kappa shape index (κ3) is 5.04. The summed E-state index contributed by atoms with van der Waals surface area (Å²) in [5, 5.41) is 20.3. The van der Waals surface area contributed by atoms with Crippen LogP contribution in [0.25, 0.3) is 0 Å². The van der Waals surface area contributed by atoms with Crippen LogP contribution >= 0.6 is 23.1 Å². The van der Waals surface area contributed by atoms with Gasteiger partial charge in [0.05, 0.1) is 11.3 Å². The highest BCUT2D eigenvalue weighted by molar-refractivity contribution is 7.97. The molecule has 3 N–H and O–H groups in total. The summed E-state index contributed by atoms with van der Waals surface area (Å²) in [4.78, 5) is 4.58. The highest BCUT2D eigenvalue weighted by Crippen LogP contribution is 2.16. The number of aliphatic hydroxyl groups is 1. The minimum absolute atomic E-state index is 0.565. The number of hydrogen-bond acceptors (Lipinski definition) is 6. The number of thioether (sulfide) groups is 1. The van der Waals surface area contributed by atoms with Crippen LogP contribution in [0, 0.1) is 0 Å². The summed E-state index contributed by atoms with van der Waals surface area (Å²) in [5.74, 6) is 1.00. The molecule has 6 heteroatoms. The second-order valence-electron chi connectivity index (χ2n) is 5.10. The molecule has 19 heavy (non-hydrogen) atoms. The Morgan fingerprint density at radius 2 is 2.53 bits per heavy atom. The molecule has 2 heterocycles. The van der Waals surface area contributed by atoms with E-state index in [1.54, 1.807) is 23.1 Å². The first-order valence-corrected chi connectivity index (χ1v) is 9.05. The molecule has 1 aliphatic heterocycles. The second-order valence-corrected chi connectivity index (χ2v) is 6.91. The Kier molecular flexibility index (Phi) is 6.09. The van der Waals surface area contributed by atoms with Crippen LogP contribution in [0.2, 0.25) is 0 Å². The quantitative estimate of drug-likeness (QED) is 0.662. The molecule has 0 radical (unpaired) electrons. The van der Waals surface area contributed by atoms with Gasteiger partial charge in [-0.1, -0.05) is 0 Å². The number of thiazole rings is 1. The standard InChI is InChI=1S/C13H23N3OS2/c1-18-8-12-16-11(7-19-12)3-6-15-10-13(17)4-2-5-14-9-13/h7,14-15,17H,2-6,8-10H2,1H3/t13-/m1/s1. The van der Waals surface area contributed by atoms with E-state index in [1.807, 2.05) is 0 Å². The van der Waals surface area contributed by atoms with Crippen molar-refractivity contribution in [3.63, 3.8) is 0 Å². The van der Waals surface area contributed by atoms with Crippen LogP contribution < -0.4 is 10.6 Å². The Labute approximate surface area is 123 Å². The first-order valence-electron chi connectivity index (χ1n) is 6.78.